The fourth-order valence-electron chi connectivity index (χ4n) is 3.75. The monoisotopic (exact) mass is 428 g/mol. The van der Waals surface area contributed by atoms with Crippen LogP contribution >= 0.6 is 0 Å². The molecule has 2 heterocycles. The molecule has 1 aromatic heterocycles. The Morgan fingerprint density at radius 3 is 2.50 bits per heavy atom. The van der Waals surface area contributed by atoms with Gasteiger partial charge in [-0.05, 0) is 46.9 Å². The molecule has 1 aliphatic rings. The highest BCUT2D eigenvalue weighted by Gasteiger charge is 2.29. The van der Waals surface area contributed by atoms with Crippen LogP contribution in [-0.2, 0) is 16.1 Å². The number of carbonyl (C=O) groups excluding carboxylic acids is 2. The summed E-state index contributed by atoms with van der Waals surface area (Å²) in [5.41, 5.74) is 4.42. The number of hydrogen-bond donors (Lipinski definition) is 0. The summed E-state index contributed by atoms with van der Waals surface area (Å²) in [6.45, 7) is 0.723. The van der Waals surface area contributed by atoms with Crippen LogP contribution < -0.4 is 0 Å². The lowest BCUT2D eigenvalue weighted by Gasteiger charge is -2.34. The van der Waals surface area contributed by atoms with E-state index in [0.29, 0.717) is 18.5 Å². The summed E-state index contributed by atoms with van der Waals surface area (Å²) < 4.78 is 10.4. The van der Waals surface area contributed by atoms with E-state index in [0.717, 1.165) is 22.3 Å². The summed E-state index contributed by atoms with van der Waals surface area (Å²) in [6, 6.07) is 20.3. The molecule has 1 aliphatic heterocycles. The predicted molar refractivity (Wildman–Crippen MR) is 121 cm³/mol. The Bertz CT molecular complexity index is 1100. The second kappa shape index (κ2) is 9.92. The van der Waals surface area contributed by atoms with Gasteiger partial charge in [0, 0.05) is 18.9 Å². The number of esters is 1. The number of amides is 1. The highest BCUT2D eigenvalue weighted by atomic mass is 16.6. The van der Waals surface area contributed by atoms with Crippen LogP contribution in [0.25, 0.3) is 5.57 Å². The van der Waals surface area contributed by atoms with E-state index in [1.54, 1.807) is 23.2 Å². The van der Waals surface area contributed by atoms with Crippen molar-refractivity contribution < 1.29 is 19.1 Å². The molecule has 0 radical (unpaired) electrons. The number of methoxy groups -OCH3 is 1. The Balaban J connectivity index is 1.60. The van der Waals surface area contributed by atoms with Crippen molar-refractivity contribution in [1.82, 2.24) is 9.88 Å². The van der Waals surface area contributed by atoms with Gasteiger partial charge in [-0.2, -0.15) is 0 Å². The molecular weight excluding hydrogens is 404 g/mol. The highest BCUT2D eigenvalue weighted by molar-refractivity contribution is 5.89. The standard InChI is InChI=1S/C26H24N2O4/c1-31-25(29)21-11-9-20(10-12-21)24-16-22(23-8-5-14-27-17-23)13-15-28(24)26(30)32-18-19-6-3-2-4-7-19/h2-12,14,16-17,24H,13,15,18H2,1H3/t24-/m0/s1. The van der Waals surface area contributed by atoms with Gasteiger partial charge < -0.3 is 9.47 Å². The molecule has 4 rings (SSSR count). The molecule has 0 aliphatic carbocycles. The molecule has 0 unspecified atom stereocenters. The van der Waals surface area contributed by atoms with Crippen LogP contribution in [0.3, 0.4) is 0 Å². The van der Waals surface area contributed by atoms with Gasteiger partial charge in [-0.3, -0.25) is 9.88 Å². The van der Waals surface area contributed by atoms with Crippen molar-refractivity contribution >= 4 is 17.6 Å². The lowest BCUT2D eigenvalue weighted by Crippen LogP contribution is -2.37. The second-order valence-electron chi connectivity index (χ2n) is 7.48. The first kappa shape index (κ1) is 21.3. The quantitative estimate of drug-likeness (QED) is 0.533. The van der Waals surface area contributed by atoms with Crippen molar-refractivity contribution in [2.75, 3.05) is 13.7 Å². The molecule has 3 aromatic rings. The number of carbonyl (C=O) groups is 2. The van der Waals surface area contributed by atoms with Crippen molar-refractivity contribution in [3.8, 4) is 0 Å². The fraction of sp³-hybridized carbons (Fsp3) is 0.192. The first-order valence-electron chi connectivity index (χ1n) is 10.4. The Hall–Kier alpha value is -3.93. The molecule has 0 bridgehead atoms. The summed E-state index contributed by atoms with van der Waals surface area (Å²) in [5, 5.41) is 0. The number of nitrogens with zero attached hydrogens (tertiary/aromatic N) is 2. The largest absolute Gasteiger partial charge is 0.465 e. The summed E-state index contributed by atoms with van der Waals surface area (Å²) in [6.07, 6.45) is 5.95. The Morgan fingerprint density at radius 1 is 1.03 bits per heavy atom. The third-order valence-electron chi connectivity index (χ3n) is 5.46. The zero-order chi connectivity index (χ0) is 22.3. The Kier molecular flexibility index (Phi) is 6.60. The third-order valence-corrected chi connectivity index (χ3v) is 5.46. The third kappa shape index (κ3) is 4.86. The van der Waals surface area contributed by atoms with Crippen molar-refractivity contribution in [2.24, 2.45) is 0 Å². The first-order valence-corrected chi connectivity index (χ1v) is 10.4. The number of ether oxygens (including phenoxy) is 2. The van der Waals surface area contributed by atoms with Crippen molar-refractivity contribution in [3.63, 3.8) is 0 Å². The predicted octanol–water partition coefficient (Wildman–Crippen LogP) is 5.04. The smallest absolute Gasteiger partial charge is 0.410 e. The molecule has 0 spiro atoms. The van der Waals surface area contributed by atoms with Gasteiger partial charge in [0.15, 0.2) is 0 Å². The summed E-state index contributed by atoms with van der Waals surface area (Å²) in [7, 11) is 1.35. The van der Waals surface area contributed by atoms with Crippen LogP contribution in [0, 0.1) is 0 Å². The van der Waals surface area contributed by atoms with E-state index in [2.05, 4.69) is 11.1 Å². The fourth-order valence-corrected chi connectivity index (χ4v) is 3.75. The van der Waals surface area contributed by atoms with Gasteiger partial charge in [-0.15, -0.1) is 0 Å². The van der Waals surface area contributed by atoms with E-state index in [4.69, 9.17) is 9.47 Å². The lowest BCUT2D eigenvalue weighted by atomic mass is 9.93. The molecule has 1 atom stereocenters. The molecule has 0 N–H and O–H groups in total. The van der Waals surface area contributed by atoms with E-state index in [9.17, 15) is 9.59 Å². The number of benzene rings is 2. The van der Waals surface area contributed by atoms with Crippen molar-refractivity contribution in [3.05, 3.63) is 107 Å². The summed E-state index contributed by atoms with van der Waals surface area (Å²) >= 11 is 0. The zero-order valence-corrected chi connectivity index (χ0v) is 17.8. The molecule has 2 aromatic carbocycles. The van der Waals surface area contributed by atoms with Gasteiger partial charge in [0.1, 0.15) is 6.61 Å². The Labute approximate surface area is 187 Å². The minimum Gasteiger partial charge on any atom is -0.465 e. The normalized spacial score (nSPS) is 15.6. The van der Waals surface area contributed by atoms with Crippen LogP contribution in [0.15, 0.2) is 85.2 Å². The Morgan fingerprint density at radius 2 is 1.81 bits per heavy atom. The van der Waals surface area contributed by atoms with E-state index in [1.165, 1.54) is 7.11 Å². The maximum atomic E-state index is 13.0. The van der Waals surface area contributed by atoms with Crippen LogP contribution in [0.5, 0.6) is 0 Å². The van der Waals surface area contributed by atoms with E-state index >= 15 is 0 Å². The lowest BCUT2D eigenvalue weighted by molar-refractivity contribution is 0.0600. The molecule has 162 valence electrons. The summed E-state index contributed by atoms with van der Waals surface area (Å²) in [4.78, 5) is 30.7. The zero-order valence-electron chi connectivity index (χ0n) is 17.8. The van der Waals surface area contributed by atoms with E-state index < -0.39 is 5.97 Å². The summed E-state index contributed by atoms with van der Waals surface area (Å²) in [5.74, 6) is -0.397. The van der Waals surface area contributed by atoms with Gasteiger partial charge in [-0.1, -0.05) is 54.6 Å². The average Bonchev–Trinajstić information content (AvgIpc) is 2.87. The van der Waals surface area contributed by atoms with Crippen molar-refractivity contribution in [1.29, 1.82) is 0 Å². The second-order valence-corrected chi connectivity index (χ2v) is 7.48. The van der Waals surface area contributed by atoms with E-state index in [-0.39, 0.29) is 18.7 Å². The maximum Gasteiger partial charge on any atom is 0.410 e. The maximum absolute atomic E-state index is 13.0. The van der Waals surface area contributed by atoms with Crippen LogP contribution in [0.2, 0.25) is 0 Å². The minimum atomic E-state index is -0.397. The van der Waals surface area contributed by atoms with Gasteiger partial charge >= 0.3 is 12.1 Å². The molecule has 6 nitrogen and oxygen atoms in total. The van der Waals surface area contributed by atoms with Gasteiger partial charge in [0.05, 0.1) is 18.7 Å². The SMILES string of the molecule is COC(=O)c1ccc([C@@H]2C=C(c3cccnc3)CCN2C(=O)OCc2ccccc2)cc1. The van der Waals surface area contributed by atoms with Crippen LogP contribution in [0.4, 0.5) is 4.79 Å². The number of rotatable bonds is 5. The molecule has 1 amide bonds. The van der Waals surface area contributed by atoms with Gasteiger partial charge in [-0.25, -0.2) is 9.59 Å². The first-order chi connectivity index (χ1) is 15.7. The number of hydrogen-bond acceptors (Lipinski definition) is 5. The molecule has 0 fully saturated rings. The number of aromatic nitrogens is 1. The molecule has 0 saturated carbocycles. The van der Waals surface area contributed by atoms with Crippen LogP contribution in [-0.4, -0.2) is 35.6 Å². The average molecular weight is 428 g/mol. The van der Waals surface area contributed by atoms with Gasteiger partial charge in [0.25, 0.3) is 0 Å². The van der Waals surface area contributed by atoms with Crippen molar-refractivity contribution in [2.45, 2.75) is 19.1 Å². The van der Waals surface area contributed by atoms with Gasteiger partial charge in [0.2, 0.25) is 0 Å². The van der Waals surface area contributed by atoms with E-state index in [1.807, 2.05) is 60.8 Å². The highest BCUT2D eigenvalue weighted by Crippen LogP contribution is 2.34. The van der Waals surface area contributed by atoms with Crippen LogP contribution in [0.1, 0.15) is 39.5 Å². The molecule has 32 heavy (non-hydrogen) atoms. The topological polar surface area (TPSA) is 68.7 Å². The molecule has 0 saturated heterocycles. The molecular formula is C26H24N2O4. The minimum absolute atomic E-state index is 0.212. The molecule has 6 heteroatoms. The number of pyridine rings is 1.